The maximum Gasteiger partial charge on any atom is 0.358 e. The Hall–Kier alpha value is -1.69. The second-order valence-corrected chi connectivity index (χ2v) is 4.43. The fourth-order valence-electron chi connectivity index (χ4n) is 1.57. The third-order valence-electron chi connectivity index (χ3n) is 2.37. The van der Waals surface area contributed by atoms with Gasteiger partial charge in [-0.15, -0.1) is 0 Å². The fourth-order valence-corrected chi connectivity index (χ4v) is 1.57. The average Bonchev–Trinajstić information content (AvgIpc) is 2.37. The molecule has 2 N–H and O–H groups in total. The topological polar surface area (TPSA) is 84.3 Å². The summed E-state index contributed by atoms with van der Waals surface area (Å²) in [4.78, 5) is 19.2. The van der Waals surface area contributed by atoms with Crippen molar-refractivity contribution in [3.8, 4) is 0 Å². The van der Waals surface area contributed by atoms with Gasteiger partial charge in [-0.3, -0.25) is 0 Å². The smallest absolute Gasteiger partial charge is 0.358 e. The van der Waals surface area contributed by atoms with Crippen LogP contribution in [0.4, 0.5) is 5.82 Å². The standard InChI is InChI=1S/C12H19N3O3/c1-8(2)4-9(7-16)15-11-6-13-10(5-14-11)12(17)18-3/h5-6,8-9,16H,4,7H2,1-3H3,(H,14,15). The van der Waals surface area contributed by atoms with E-state index in [4.69, 9.17) is 0 Å². The Labute approximate surface area is 106 Å². The predicted octanol–water partition coefficient (Wildman–Crippen LogP) is 1.08. The molecule has 1 atom stereocenters. The van der Waals surface area contributed by atoms with Crippen molar-refractivity contribution < 1.29 is 14.6 Å². The lowest BCUT2D eigenvalue weighted by molar-refractivity contribution is 0.0593. The van der Waals surface area contributed by atoms with Crippen molar-refractivity contribution in [2.45, 2.75) is 26.3 Å². The first-order valence-corrected chi connectivity index (χ1v) is 5.84. The zero-order valence-corrected chi connectivity index (χ0v) is 10.9. The lowest BCUT2D eigenvalue weighted by atomic mass is 10.0. The molecule has 0 bridgehead atoms. The number of hydrogen-bond donors (Lipinski definition) is 2. The Morgan fingerprint density at radius 1 is 1.44 bits per heavy atom. The molecule has 1 aromatic heterocycles. The van der Waals surface area contributed by atoms with Gasteiger partial charge in [-0.05, 0) is 12.3 Å². The van der Waals surface area contributed by atoms with Crippen molar-refractivity contribution in [3.63, 3.8) is 0 Å². The largest absolute Gasteiger partial charge is 0.464 e. The van der Waals surface area contributed by atoms with E-state index in [1.54, 1.807) is 0 Å². The summed E-state index contributed by atoms with van der Waals surface area (Å²) in [7, 11) is 1.29. The number of anilines is 1. The molecule has 0 aromatic carbocycles. The molecule has 0 saturated heterocycles. The van der Waals surface area contributed by atoms with Crippen molar-refractivity contribution in [1.29, 1.82) is 0 Å². The molecule has 0 aliphatic rings. The Balaban J connectivity index is 2.64. The number of aliphatic hydroxyl groups is 1. The minimum absolute atomic E-state index is 0.0264. The summed E-state index contributed by atoms with van der Waals surface area (Å²) in [5.41, 5.74) is 0.160. The Bertz CT molecular complexity index is 379. The number of methoxy groups -OCH3 is 1. The van der Waals surface area contributed by atoms with Gasteiger partial charge < -0.3 is 15.2 Å². The third-order valence-corrected chi connectivity index (χ3v) is 2.37. The molecular weight excluding hydrogens is 234 g/mol. The maximum atomic E-state index is 11.2. The van der Waals surface area contributed by atoms with Crippen molar-refractivity contribution in [2.75, 3.05) is 19.0 Å². The molecule has 0 aliphatic carbocycles. The van der Waals surface area contributed by atoms with Gasteiger partial charge in [0.15, 0.2) is 5.69 Å². The molecule has 18 heavy (non-hydrogen) atoms. The number of rotatable bonds is 6. The van der Waals surface area contributed by atoms with Gasteiger partial charge in [0.2, 0.25) is 0 Å². The molecule has 1 unspecified atom stereocenters. The van der Waals surface area contributed by atoms with Crippen LogP contribution in [0.2, 0.25) is 0 Å². The van der Waals surface area contributed by atoms with Gasteiger partial charge in [-0.25, -0.2) is 14.8 Å². The summed E-state index contributed by atoms with van der Waals surface area (Å²) < 4.78 is 4.53. The summed E-state index contributed by atoms with van der Waals surface area (Å²) in [5.74, 6) is 0.481. The number of aromatic nitrogens is 2. The molecule has 1 rings (SSSR count). The number of carbonyl (C=O) groups is 1. The number of nitrogens with zero attached hydrogens (tertiary/aromatic N) is 2. The first-order valence-electron chi connectivity index (χ1n) is 5.84. The number of carbonyl (C=O) groups excluding carboxylic acids is 1. The fraction of sp³-hybridized carbons (Fsp3) is 0.583. The first kappa shape index (κ1) is 14.4. The van der Waals surface area contributed by atoms with E-state index < -0.39 is 5.97 Å². The van der Waals surface area contributed by atoms with E-state index in [-0.39, 0.29) is 18.3 Å². The molecule has 0 radical (unpaired) electrons. The zero-order valence-electron chi connectivity index (χ0n) is 10.9. The molecule has 0 spiro atoms. The second kappa shape index (κ2) is 6.90. The molecule has 0 fully saturated rings. The highest BCUT2D eigenvalue weighted by molar-refractivity contribution is 5.86. The SMILES string of the molecule is COC(=O)c1cnc(NC(CO)CC(C)C)cn1. The third kappa shape index (κ3) is 4.29. The minimum Gasteiger partial charge on any atom is -0.464 e. The van der Waals surface area contributed by atoms with Gasteiger partial charge >= 0.3 is 5.97 Å². The lowest BCUT2D eigenvalue weighted by Crippen LogP contribution is -2.26. The van der Waals surface area contributed by atoms with Gasteiger partial charge in [0, 0.05) is 0 Å². The highest BCUT2D eigenvalue weighted by atomic mass is 16.5. The second-order valence-electron chi connectivity index (χ2n) is 4.43. The van der Waals surface area contributed by atoms with E-state index in [0.29, 0.717) is 11.7 Å². The highest BCUT2D eigenvalue weighted by Crippen LogP contribution is 2.10. The van der Waals surface area contributed by atoms with E-state index in [1.807, 2.05) is 0 Å². The van der Waals surface area contributed by atoms with Crippen LogP contribution in [0.25, 0.3) is 0 Å². The average molecular weight is 253 g/mol. The molecular formula is C12H19N3O3. The maximum absolute atomic E-state index is 11.2. The van der Waals surface area contributed by atoms with Gasteiger partial charge in [-0.1, -0.05) is 13.8 Å². The van der Waals surface area contributed by atoms with Crippen LogP contribution < -0.4 is 5.32 Å². The molecule has 100 valence electrons. The van der Waals surface area contributed by atoms with Crippen molar-refractivity contribution in [1.82, 2.24) is 9.97 Å². The van der Waals surface area contributed by atoms with E-state index in [2.05, 4.69) is 33.9 Å². The van der Waals surface area contributed by atoms with Crippen LogP contribution in [-0.4, -0.2) is 40.8 Å². The highest BCUT2D eigenvalue weighted by Gasteiger charge is 2.12. The van der Waals surface area contributed by atoms with Crippen molar-refractivity contribution >= 4 is 11.8 Å². The molecule has 6 heteroatoms. The van der Waals surface area contributed by atoms with Crippen LogP contribution in [0, 0.1) is 5.92 Å². The summed E-state index contributed by atoms with van der Waals surface area (Å²) >= 11 is 0. The summed E-state index contributed by atoms with van der Waals surface area (Å²) in [5, 5.41) is 12.3. The molecule has 0 amide bonds. The predicted molar refractivity (Wildman–Crippen MR) is 67.3 cm³/mol. The lowest BCUT2D eigenvalue weighted by Gasteiger charge is -2.18. The Morgan fingerprint density at radius 2 is 2.17 bits per heavy atom. The minimum atomic E-state index is -0.519. The van der Waals surface area contributed by atoms with E-state index >= 15 is 0 Å². The summed E-state index contributed by atoms with van der Waals surface area (Å²) in [6.07, 6.45) is 3.63. The van der Waals surface area contributed by atoms with Crippen LogP contribution in [0.1, 0.15) is 30.8 Å². The van der Waals surface area contributed by atoms with Crippen LogP contribution in [0.5, 0.6) is 0 Å². The normalized spacial score (nSPS) is 12.3. The number of esters is 1. The van der Waals surface area contributed by atoms with Gasteiger partial charge in [0.1, 0.15) is 5.82 Å². The monoisotopic (exact) mass is 253 g/mol. The van der Waals surface area contributed by atoms with Crippen LogP contribution in [-0.2, 0) is 4.74 Å². The quantitative estimate of drug-likeness (QED) is 0.738. The number of nitrogens with one attached hydrogen (secondary N) is 1. The van der Waals surface area contributed by atoms with E-state index in [1.165, 1.54) is 19.5 Å². The van der Waals surface area contributed by atoms with Gasteiger partial charge in [-0.2, -0.15) is 0 Å². The van der Waals surface area contributed by atoms with Crippen LogP contribution >= 0.6 is 0 Å². The number of ether oxygens (including phenoxy) is 1. The van der Waals surface area contributed by atoms with E-state index in [0.717, 1.165) is 6.42 Å². The summed E-state index contributed by atoms with van der Waals surface area (Å²) in [6, 6.07) is -0.0664. The molecule has 1 aromatic rings. The molecule has 0 saturated carbocycles. The van der Waals surface area contributed by atoms with Crippen LogP contribution in [0.15, 0.2) is 12.4 Å². The summed E-state index contributed by atoms with van der Waals surface area (Å²) in [6.45, 7) is 4.19. The molecule has 1 heterocycles. The molecule has 6 nitrogen and oxygen atoms in total. The first-order chi connectivity index (χ1) is 8.56. The number of hydrogen-bond acceptors (Lipinski definition) is 6. The zero-order chi connectivity index (χ0) is 13.5. The van der Waals surface area contributed by atoms with Crippen LogP contribution in [0.3, 0.4) is 0 Å². The Kier molecular flexibility index (Phi) is 5.51. The number of aliphatic hydroxyl groups excluding tert-OH is 1. The van der Waals surface area contributed by atoms with Crippen molar-refractivity contribution in [3.05, 3.63) is 18.1 Å². The van der Waals surface area contributed by atoms with E-state index in [9.17, 15) is 9.90 Å². The van der Waals surface area contributed by atoms with Gasteiger partial charge in [0.05, 0.1) is 32.2 Å². The Morgan fingerprint density at radius 3 is 2.61 bits per heavy atom. The van der Waals surface area contributed by atoms with Gasteiger partial charge in [0.25, 0.3) is 0 Å². The van der Waals surface area contributed by atoms with Crippen molar-refractivity contribution in [2.24, 2.45) is 5.92 Å². The molecule has 0 aliphatic heterocycles.